The first-order chi connectivity index (χ1) is 6.70. The lowest BCUT2D eigenvalue weighted by molar-refractivity contribution is 0.389. The summed E-state index contributed by atoms with van der Waals surface area (Å²) in [5.74, 6) is 0. The van der Waals surface area contributed by atoms with E-state index in [0.717, 1.165) is 13.1 Å². The summed E-state index contributed by atoms with van der Waals surface area (Å²) in [7, 11) is 4.23. The molecule has 0 bridgehead atoms. The first-order valence-electron chi connectivity index (χ1n) is 5.11. The molecule has 1 aromatic rings. The largest absolute Gasteiger partial charge is 0.309 e. The van der Waals surface area contributed by atoms with Gasteiger partial charge in [-0.3, -0.25) is 0 Å². The van der Waals surface area contributed by atoms with Crippen LogP contribution in [0.1, 0.15) is 24.3 Å². The Morgan fingerprint density at radius 3 is 2.86 bits per heavy atom. The molecule has 1 atom stereocenters. The molecule has 0 aliphatic rings. The van der Waals surface area contributed by atoms with Crippen molar-refractivity contribution < 1.29 is 0 Å². The Kier molecular flexibility index (Phi) is 5.15. The maximum absolute atomic E-state index is 3.52. The number of rotatable bonds is 6. The lowest BCUT2D eigenvalue weighted by Gasteiger charge is -2.13. The molecule has 1 rings (SSSR count). The van der Waals surface area contributed by atoms with Gasteiger partial charge in [-0.1, -0.05) is 6.07 Å². The highest BCUT2D eigenvalue weighted by Crippen LogP contribution is 2.17. The third kappa shape index (κ3) is 4.22. The van der Waals surface area contributed by atoms with Gasteiger partial charge in [0.25, 0.3) is 0 Å². The topological polar surface area (TPSA) is 15.3 Å². The fourth-order valence-corrected chi connectivity index (χ4v) is 2.11. The van der Waals surface area contributed by atoms with Crippen LogP contribution >= 0.6 is 11.3 Å². The van der Waals surface area contributed by atoms with E-state index in [4.69, 9.17) is 0 Å². The van der Waals surface area contributed by atoms with Crippen LogP contribution in [-0.2, 0) is 0 Å². The Labute approximate surface area is 90.9 Å². The fourth-order valence-electron chi connectivity index (χ4n) is 1.35. The van der Waals surface area contributed by atoms with E-state index in [1.807, 2.05) is 11.3 Å². The van der Waals surface area contributed by atoms with Crippen LogP contribution in [0, 0.1) is 0 Å². The maximum atomic E-state index is 3.52. The summed E-state index contributed by atoms with van der Waals surface area (Å²) in [4.78, 5) is 3.65. The second-order valence-electron chi connectivity index (χ2n) is 3.85. The number of nitrogens with zero attached hydrogens (tertiary/aromatic N) is 1. The zero-order valence-corrected chi connectivity index (χ0v) is 10.1. The Balaban J connectivity index is 2.13. The van der Waals surface area contributed by atoms with Crippen LogP contribution in [0.4, 0.5) is 0 Å². The van der Waals surface area contributed by atoms with E-state index in [1.165, 1.54) is 11.3 Å². The molecule has 0 saturated heterocycles. The van der Waals surface area contributed by atoms with E-state index in [-0.39, 0.29) is 0 Å². The average Bonchev–Trinajstić information content (AvgIpc) is 2.64. The minimum atomic E-state index is 0.497. The summed E-state index contributed by atoms with van der Waals surface area (Å²) in [6, 6.07) is 4.80. The van der Waals surface area contributed by atoms with Gasteiger partial charge < -0.3 is 10.2 Å². The highest BCUT2D eigenvalue weighted by molar-refractivity contribution is 7.10. The highest BCUT2D eigenvalue weighted by Gasteiger charge is 2.04. The quantitative estimate of drug-likeness (QED) is 0.728. The summed E-state index contributed by atoms with van der Waals surface area (Å²) < 4.78 is 0. The molecule has 14 heavy (non-hydrogen) atoms. The Bertz CT molecular complexity index is 231. The van der Waals surface area contributed by atoms with Crippen LogP contribution < -0.4 is 5.32 Å². The van der Waals surface area contributed by atoms with Gasteiger partial charge in [0.1, 0.15) is 0 Å². The van der Waals surface area contributed by atoms with Crippen molar-refractivity contribution in [2.45, 2.75) is 19.4 Å². The van der Waals surface area contributed by atoms with Gasteiger partial charge in [0, 0.05) is 10.9 Å². The number of nitrogens with one attached hydrogen (secondary N) is 1. The Morgan fingerprint density at radius 1 is 1.50 bits per heavy atom. The highest BCUT2D eigenvalue weighted by atomic mass is 32.1. The molecule has 2 nitrogen and oxygen atoms in total. The normalized spacial score (nSPS) is 13.4. The SMILES string of the molecule is C[C@H](NCCCN(C)C)c1cccs1. The van der Waals surface area contributed by atoms with E-state index >= 15 is 0 Å². The monoisotopic (exact) mass is 212 g/mol. The molecular weight excluding hydrogens is 192 g/mol. The molecule has 0 saturated carbocycles. The number of thiophene rings is 1. The lowest BCUT2D eigenvalue weighted by Crippen LogP contribution is -2.23. The zero-order chi connectivity index (χ0) is 10.4. The average molecular weight is 212 g/mol. The lowest BCUT2D eigenvalue weighted by atomic mass is 10.2. The van der Waals surface area contributed by atoms with Gasteiger partial charge in [0.15, 0.2) is 0 Å². The minimum Gasteiger partial charge on any atom is -0.309 e. The van der Waals surface area contributed by atoms with Crippen LogP contribution in [0.25, 0.3) is 0 Å². The zero-order valence-electron chi connectivity index (χ0n) is 9.29. The van der Waals surface area contributed by atoms with E-state index in [2.05, 4.69) is 48.7 Å². The Morgan fingerprint density at radius 2 is 2.29 bits per heavy atom. The number of hydrogen-bond acceptors (Lipinski definition) is 3. The maximum Gasteiger partial charge on any atom is 0.0386 e. The van der Waals surface area contributed by atoms with Crippen molar-refractivity contribution in [3.63, 3.8) is 0 Å². The molecule has 1 heterocycles. The van der Waals surface area contributed by atoms with E-state index in [0.29, 0.717) is 6.04 Å². The molecule has 0 unspecified atom stereocenters. The summed E-state index contributed by atoms with van der Waals surface area (Å²) >= 11 is 1.82. The van der Waals surface area contributed by atoms with Crippen molar-refractivity contribution in [2.24, 2.45) is 0 Å². The minimum absolute atomic E-state index is 0.497. The molecule has 0 amide bonds. The standard InChI is InChI=1S/C11H20N2S/c1-10(11-6-4-9-14-11)12-7-5-8-13(2)3/h4,6,9-10,12H,5,7-8H2,1-3H3/t10-/m0/s1. The summed E-state index contributed by atoms with van der Waals surface area (Å²) in [5.41, 5.74) is 0. The molecule has 0 aliphatic carbocycles. The van der Waals surface area contributed by atoms with Gasteiger partial charge in [0.2, 0.25) is 0 Å². The molecule has 0 aliphatic heterocycles. The van der Waals surface area contributed by atoms with Gasteiger partial charge in [0.05, 0.1) is 0 Å². The van der Waals surface area contributed by atoms with Crippen molar-refractivity contribution in [2.75, 3.05) is 27.2 Å². The van der Waals surface area contributed by atoms with Crippen LogP contribution in [0.3, 0.4) is 0 Å². The van der Waals surface area contributed by atoms with E-state index < -0.39 is 0 Å². The van der Waals surface area contributed by atoms with Crippen molar-refractivity contribution >= 4 is 11.3 Å². The van der Waals surface area contributed by atoms with Crippen LogP contribution in [0.5, 0.6) is 0 Å². The van der Waals surface area contributed by atoms with Gasteiger partial charge in [-0.25, -0.2) is 0 Å². The van der Waals surface area contributed by atoms with E-state index in [9.17, 15) is 0 Å². The molecule has 0 spiro atoms. The summed E-state index contributed by atoms with van der Waals surface area (Å²) in [6.07, 6.45) is 1.21. The Hall–Kier alpha value is -0.380. The molecule has 3 heteroatoms. The second-order valence-corrected chi connectivity index (χ2v) is 4.83. The number of hydrogen-bond donors (Lipinski definition) is 1. The van der Waals surface area contributed by atoms with Crippen LogP contribution in [0.2, 0.25) is 0 Å². The van der Waals surface area contributed by atoms with Gasteiger partial charge in [-0.2, -0.15) is 0 Å². The fraction of sp³-hybridized carbons (Fsp3) is 0.636. The molecular formula is C11H20N2S. The van der Waals surface area contributed by atoms with E-state index in [1.54, 1.807) is 0 Å². The molecule has 1 aromatic heterocycles. The summed E-state index contributed by atoms with van der Waals surface area (Å²) in [5, 5.41) is 5.66. The molecule has 0 aromatic carbocycles. The van der Waals surface area contributed by atoms with Gasteiger partial charge in [-0.15, -0.1) is 11.3 Å². The molecule has 1 N–H and O–H groups in total. The van der Waals surface area contributed by atoms with Crippen LogP contribution in [0.15, 0.2) is 17.5 Å². The third-order valence-electron chi connectivity index (χ3n) is 2.20. The predicted molar refractivity (Wildman–Crippen MR) is 63.9 cm³/mol. The molecule has 0 radical (unpaired) electrons. The van der Waals surface area contributed by atoms with Crippen LogP contribution in [-0.4, -0.2) is 32.1 Å². The van der Waals surface area contributed by atoms with Crippen molar-refractivity contribution in [1.82, 2.24) is 10.2 Å². The van der Waals surface area contributed by atoms with Crippen molar-refractivity contribution in [3.8, 4) is 0 Å². The van der Waals surface area contributed by atoms with Crippen molar-refractivity contribution in [1.29, 1.82) is 0 Å². The van der Waals surface area contributed by atoms with Gasteiger partial charge in [-0.05, 0) is 52.0 Å². The first-order valence-corrected chi connectivity index (χ1v) is 5.99. The smallest absolute Gasteiger partial charge is 0.0386 e. The third-order valence-corrected chi connectivity index (χ3v) is 3.26. The van der Waals surface area contributed by atoms with Gasteiger partial charge >= 0.3 is 0 Å². The predicted octanol–water partition coefficient (Wildman–Crippen LogP) is 2.35. The molecule has 80 valence electrons. The second kappa shape index (κ2) is 6.17. The van der Waals surface area contributed by atoms with Crippen molar-refractivity contribution in [3.05, 3.63) is 22.4 Å². The summed E-state index contributed by atoms with van der Waals surface area (Å²) in [6.45, 7) is 4.48. The molecule has 0 fully saturated rings. The first kappa shape index (κ1) is 11.7.